The number of aliphatic hydroxyl groups is 1. The topological polar surface area (TPSA) is 20.2 Å². The van der Waals surface area contributed by atoms with Gasteiger partial charge in [0.15, 0.2) is 0 Å². The Kier molecular flexibility index (Phi) is 1.69. The van der Waals surface area contributed by atoms with Crippen LogP contribution in [-0.2, 0) is 0 Å². The Morgan fingerprint density at radius 2 is 2.50 bits per heavy atom. The van der Waals surface area contributed by atoms with E-state index >= 15 is 0 Å². The highest BCUT2D eigenvalue weighted by molar-refractivity contribution is 5.01. The molecule has 46 valence electrons. The summed E-state index contributed by atoms with van der Waals surface area (Å²) in [6, 6.07) is 0. The zero-order chi connectivity index (χ0) is 5.98. The SMILES string of the molecule is CC[C@@H]1CC=C[C@@H]1O. The first-order valence-corrected chi connectivity index (χ1v) is 3.19. The van der Waals surface area contributed by atoms with Crippen LogP contribution < -0.4 is 0 Å². The summed E-state index contributed by atoms with van der Waals surface area (Å²) in [6.07, 6.45) is 5.94. The normalized spacial score (nSPS) is 36.2. The average Bonchev–Trinajstić information content (AvgIpc) is 2.14. The van der Waals surface area contributed by atoms with Gasteiger partial charge in [0.05, 0.1) is 6.10 Å². The van der Waals surface area contributed by atoms with Gasteiger partial charge in [-0.1, -0.05) is 25.5 Å². The molecule has 1 heteroatoms. The highest BCUT2D eigenvalue weighted by atomic mass is 16.3. The molecule has 1 aliphatic rings. The monoisotopic (exact) mass is 112 g/mol. The van der Waals surface area contributed by atoms with Crippen molar-refractivity contribution >= 4 is 0 Å². The molecule has 0 aromatic carbocycles. The first-order valence-electron chi connectivity index (χ1n) is 3.19. The lowest BCUT2D eigenvalue weighted by atomic mass is 10.0. The van der Waals surface area contributed by atoms with Crippen LogP contribution in [0.25, 0.3) is 0 Å². The molecule has 0 aromatic heterocycles. The highest BCUT2D eigenvalue weighted by Crippen LogP contribution is 2.20. The second-order valence-corrected chi connectivity index (χ2v) is 2.32. The lowest BCUT2D eigenvalue weighted by Crippen LogP contribution is -2.10. The van der Waals surface area contributed by atoms with E-state index in [0.29, 0.717) is 5.92 Å². The molecule has 0 spiro atoms. The molecule has 0 aromatic rings. The molecule has 1 aliphatic carbocycles. The second kappa shape index (κ2) is 2.31. The van der Waals surface area contributed by atoms with Gasteiger partial charge in [-0.25, -0.2) is 0 Å². The molecule has 8 heavy (non-hydrogen) atoms. The van der Waals surface area contributed by atoms with Crippen LogP contribution in [0.15, 0.2) is 12.2 Å². The lowest BCUT2D eigenvalue weighted by molar-refractivity contribution is 0.162. The maximum atomic E-state index is 9.10. The Balaban J connectivity index is 2.38. The molecule has 0 unspecified atom stereocenters. The van der Waals surface area contributed by atoms with Crippen molar-refractivity contribution in [3.8, 4) is 0 Å². The number of hydrogen-bond acceptors (Lipinski definition) is 1. The summed E-state index contributed by atoms with van der Waals surface area (Å²) in [5, 5.41) is 9.10. The van der Waals surface area contributed by atoms with E-state index < -0.39 is 0 Å². The van der Waals surface area contributed by atoms with Crippen LogP contribution in [0.2, 0.25) is 0 Å². The van der Waals surface area contributed by atoms with Crippen LogP contribution >= 0.6 is 0 Å². The van der Waals surface area contributed by atoms with Crippen molar-refractivity contribution in [1.29, 1.82) is 0 Å². The summed E-state index contributed by atoms with van der Waals surface area (Å²) in [5.74, 6) is 0.509. The first kappa shape index (κ1) is 5.83. The molecule has 0 amide bonds. The minimum absolute atomic E-state index is 0.153. The molecule has 0 radical (unpaired) electrons. The molecule has 0 saturated carbocycles. The van der Waals surface area contributed by atoms with E-state index in [1.807, 2.05) is 6.08 Å². The molecule has 0 bridgehead atoms. The van der Waals surface area contributed by atoms with E-state index in [9.17, 15) is 0 Å². The predicted molar refractivity (Wildman–Crippen MR) is 33.5 cm³/mol. The van der Waals surface area contributed by atoms with E-state index in [1.165, 1.54) is 0 Å². The maximum Gasteiger partial charge on any atom is 0.0751 e. The van der Waals surface area contributed by atoms with E-state index in [-0.39, 0.29) is 6.10 Å². The third-order valence-corrected chi connectivity index (χ3v) is 1.78. The van der Waals surface area contributed by atoms with Gasteiger partial charge in [0, 0.05) is 0 Å². The van der Waals surface area contributed by atoms with Crippen LogP contribution in [0.3, 0.4) is 0 Å². The van der Waals surface area contributed by atoms with Crippen LogP contribution in [0.1, 0.15) is 19.8 Å². The zero-order valence-electron chi connectivity index (χ0n) is 5.17. The third kappa shape index (κ3) is 0.920. The van der Waals surface area contributed by atoms with Gasteiger partial charge in [-0.05, 0) is 12.3 Å². The summed E-state index contributed by atoms with van der Waals surface area (Å²) in [6.45, 7) is 2.11. The van der Waals surface area contributed by atoms with E-state index in [0.717, 1.165) is 12.8 Å². The van der Waals surface area contributed by atoms with Crippen molar-refractivity contribution < 1.29 is 5.11 Å². The number of hydrogen-bond donors (Lipinski definition) is 1. The minimum Gasteiger partial charge on any atom is -0.389 e. The summed E-state index contributed by atoms with van der Waals surface area (Å²) in [7, 11) is 0. The van der Waals surface area contributed by atoms with E-state index in [2.05, 4.69) is 13.0 Å². The van der Waals surface area contributed by atoms with Gasteiger partial charge in [0.25, 0.3) is 0 Å². The summed E-state index contributed by atoms with van der Waals surface area (Å²) in [5.41, 5.74) is 0. The van der Waals surface area contributed by atoms with Crippen LogP contribution in [0, 0.1) is 5.92 Å². The molecule has 0 fully saturated rings. The largest absolute Gasteiger partial charge is 0.389 e. The van der Waals surface area contributed by atoms with Crippen molar-refractivity contribution in [3.05, 3.63) is 12.2 Å². The maximum absolute atomic E-state index is 9.10. The average molecular weight is 112 g/mol. The molecule has 0 heterocycles. The van der Waals surface area contributed by atoms with Crippen LogP contribution in [0.4, 0.5) is 0 Å². The highest BCUT2D eigenvalue weighted by Gasteiger charge is 2.17. The molecule has 1 rings (SSSR count). The quantitative estimate of drug-likeness (QED) is 0.507. The summed E-state index contributed by atoms with van der Waals surface area (Å²) >= 11 is 0. The van der Waals surface area contributed by atoms with Gasteiger partial charge >= 0.3 is 0 Å². The van der Waals surface area contributed by atoms with Crippen molar-refractivity contribution in [2.24, 2.45) is 5.92 Å². The fourth-order valence-electron chi connectivity index (χ4n) is 1.10. The van der Waals surface area contributed by atoms with Gasteiger partial charge in [0.2, 0.25) is 0 Å². The van der Waals surface area contributed by atoms with Gasteiger partial charge in [-0.2, -0.15) is 0 Å². The van der Waals surface area contributed by atoms with Crippen LogP contribution in [-0.4, -0.2) is 11.2 Å². The van der Waals surface area contributed by atoms with Crippen molar-refractivity contribution in [3.63, 3.8) is 0 Å². The van der Waals surface area contributed by atoms with E-state index in [1.54, 1.807) is 0 Å². The van der Waals surface area contributed by atoms with Crippen molar-refractivity contribution in [2.75, 3.05) is 0 Å². The predicted octanol–water partition coefficient (Wildman–Crippen LogP) is 1.33. The Bertz CT molecular complexity index is 96.6. The Morgan fingerprint density at radius 3 is 2.75 bits per heavy atom. The first-order chi connectivity index (χ1) is 3.84. The fourth-order valence-corrected chi connectivity index (χ4v) is 1.10. The molecule has 1 N–H and O–H groups in total. The molecule has 1 nitrogen and oxygen atoms in total. The molecular formula is C7H12O. The molecular weight excluding hydrogens is 100 g/mol. The van der Waals surface area contributed by atoms with Gasteiger partial charge in [0.1, 0.15) is 0 Å². The second-order valence-electron chi connectivity index (χ2n) is 2.32. The van der Waals surface area contributed by atoms with Gasteiger partial charge in [-0.3, -0.25) is 0 Å². The van der Waals surface area contributed by atoms with Gasteiger partial charge in [-0.15, -0.1) is 0 Å². The molecule has 0 aliphatic heterocycles. The van der Waals surface area contributed by atoms with Gasteiger partial charge < -0.3 is 5.11 Å². The van der Waals surface area contributed by atoms with Crippen molar-refractivity contribution in [1.82, 2.24) is 0 Å². The van der Waals surface area contributed by atoms with Crippen molar-refractivity contribution in [2.45, 2.75) is 25.9 Å². The van der Waals surface area contributed by atoms with E-state index in [4.69, 9.17) is 5.11 Å². The third-order valence-electron chi connectivity index (χ3n) is 1.78. The Labute approximate surface area is 50.0 Å². The summed E-state index contributed by atoms with van der Waals surface area (Å²) in [4.78, 5) is 0. The minimum atomic E-state index is -0.153. The molecule has 2 atom stereocenters. The number of aliphatic hydroxyl groups excluding tert-OH is 1. The smallest absolute Gasteiger partial charge is 0.0751 e. The number of rotatable bonds is 1. The summed E-state index contributed by atoms with van der Waals surface area (Å²) < 4.78 is 0. The Hall–Kier alpha value is -0.300. The standard InChI is InChI=1S/C7H12O/c1-2-6-4-3-5-7(6)8/h3,5-8H,2,4H2,1H3/t6-,7+/m1/s1. The Morgan fingerprint density at radius 1 is 1.75 bits per heavy atom. The molecule has 0 saturated heterocycles. The van der Waals surface area contributed by atoms with Crippen LogP contribution in [0.5, 0.6) is 0 Å². The zero-order valence-corrected chi connectivity index (χ0v) is 5.17. The fraction of sp³-hybridized carbons (Fsp3) is 0.714. The lowest BCUT2D eigenvalue weighted by Gasteiger charge is -2.09. The number of allylic oxidation sites excluding steroid dienone is 1.